The van der Waals surface area contributed by atoms with E-state index in [1.165, 1.54) is 18.3 Å². The maximum atomic E-state index is 13.0. The van der Waals surface area contributed by atoms with Gasteiger partial charge < -0.3 is 4.90 Å². The second-order valence-corrected chi connectivity index (χ2v) is 4.64. The molecule has 2 rings (SSSR count). The molecule has 1 aromatic heterocycles. The number of rotatable bonds is 4. The van der Waals surface area contributed by atoms with Crippen LogP contribution >= 0.6 is 0 Å². The third-order valence-corrected chi connectivity index (χ3v) is 3.09. The van der Waals surface area contributed by atoms with Crippen LogP contribution in [-0.2, 0) is 0 Å². The van der Waals surface area contributed by atoms with Crippen LogP contribution in [0.25, 0.3) is 10.9 Å². The highest BCUT2D eigenvalue weighted by molar-refractivity contribution is 5.97. The lowest BCUT2D eigenvalue weighted by Gasteiger charge is -2.16. The van der Waals surface area contributed by atoms with Gasteiger partial charge in [-0.15, -0.1) is 0 Å². The number of hydrogen-bond acceptors (Lipinski definition) is 2. The number of carbonyl (C=O) groups excluding carboxylic acids is 1. The summed E-state index contributed by atoms with van der Waals surface area (Å²) in [6.45, 7) is 2.82. The average molecular weight is 260 g/mol. The molecule has 100 valence electrons. The fourth-order valence-corrected chi connectivity index (χ4v) is 1.93. The third-order valence-electron chi connectivity index (χ3n) is 3.09. The van der Waals surface area contributed by atoms with Gasteiger partial charge in [-0.25, -0.2) is 4.39 Å². The molecular formula is C15H17FN2O. The number of benzene rings is 1. The highest BCUT2D eigenvalue weighted by atomic mass is 19.1. The van der Waals surface area contributed by atoms with Crippen LogP contribution in [0.2, 0.25) is 0 Å². The lowest BCUT2D eigenvalue weighted by molar-refractivity contribution is 0.0793. The van der Waals surface area contributed by atoms with Gasteiger partial charge >= 0.3 is 0 Å². The topological polar surface area (TPSA) is 33.2 Å². The van der Waals surface area contributed by atoms with Crippen molar-refractivity contribution in [1.29, 1.82) is 0 Å². The molecule has 19 heavy (non-hydrogen) atoms. The van der Waals surface area contributed by atoms with Gasteiger partial charge in [0.15, 0.2) is 0 Å². The second-order valence-electron chi connectivity index (χ2n) is 4.64. The van der Waals surface area contributed by atoms with Gasteiger partial charge in [0.25, 0.3) is 5.91 Å². The maximum Gasteiger partial charge on any atom is 0.255 e. The van der Waals surface area contributed by atoms with Crippen LogP contribution in [0, 0.1) is 5.82 Å². The van der Waals surface area contributed by atoms with Crippen LogP contribution in [0.4, 0.5) is 4.39 Å². The first-order valence-corrected chi connectivity index (χ1v) is 6.42. The Bertz CT molecular complexity index is 598. The van der Waals surface area contributed by atoms with Crippen LogP contribution in [-0.4, -0.2) is 29.4 Å². The van der Waals surface area contributed by atoms with Crippen LogP contribution in [0.5, 0.6) is 0 Å². The summed E-state index contributed by atoms with van der Waals surface area (Å²) in [5, 5.41) is 0.774. The number of unbranched alkanes of at least 4 members (excludes halogenated alkanes) is 1. The monoisotopic (exact) mass is 260 g/mol. The number of pyridine rings is 1. The Labute approximate surface area is 112 Å². The number of carbonyl (C=O) groups is 1. The fourth-order valence-electron chi connectivity index (χ4n) is 1.93. The average Bonchev–Trinajstić information content (AvgIpc) is 2.43. The standard InChI is InChI=1S/C15H17FN2O/c1-3-4-7-18(2)15(19)12-8-11-5-6-13(16)9-14(11)17-10-12/h5-6,8-10H,3-4,7H2,1-2H3. The molecule has 0 aliphatic carbocycles. The molecule has 0 unspecified atom stereocenters. The molecule has 0 saturated carbocycles. The molecule has 0 radical (unpaired) electrons. The predicted octanol–water partition coefficient (Wildman–Crippen LogP) is 3.25. The first-order chi connectivity index (χ1) is 9.11. The lowest BCUT2D eigenvalue weighted by Crippen LogP contribution is -2.27. The third kappa shape index (κ3) is 3.08. The van der Waals surface area contributed by atoms with E-state index in [9.17, 15) is 9.18 Å². The summed E-state index contributed by atoms with van der Waals surface area (Å²) < 4.78 is 13.0. The van der Waals surface area contributed by atoms with Crippen molar-refractivity contribution in [1.82, 2.24) is 9.88 Å². The van der Waals surface area contributed by atoms with Gasteiger partial charge in [0.05, 0.1) is 11.1 Å². The Morgan fingerprint density at radius 2 is 2.16 bits per heavy atom. The van der Waals surface area contributed by atoms with E-state index in [1.807, 2.05) is 0 Å². The number of fused-ring (bicyclic) bond motifs is 1. The smallest absolute Gasteiger partial charge is 0.255 e. The summed E-state index contributed by atoms with van der Waals surface area (Å²) in [6.07, 6.45) is 3.54. The Morgan fingerprint density at radius 1 is 1.37 bits per heavy atom. The van der Waals surface area contributed by atoms with E-state index in [0.717, 1.165) is 24.8 Å². The molecule has 0 spiro atoms. The minimum absolute atomic E-state index is 0.0489. The number of amides is 1. The quantitative estimate of drug-likeness (QED) is 0.845. The zero-order valence-electron chi connectivity index (χ0n) is 11.2. The molecule has 0 aliphatic rings. The van der Waals surface area contributed by atoms with Gasteiger partial charge in [-0.1, -0.05) is 13.3 Å². The van der Waals surface area contributed by atoms with E-state index in [4.69, 9.17) is 0 Å². The largest absolute Gasteiger partial charge is 0.342 e. The molecule has 0 fully saturated rings. The minimum atomic E-state index is -0.320. The summed E-state index contributed by atoms with van der Waals surface area (Å²) in [6, 6.07) is 6.14. The molecule has 3 nitrogen and oxygen atoms in total. The van der Waals surface area contributed by atoms with Gasteiger partial charge in [-0.2, -0.15) is 0 Å². The van der Waals surface area contributed by atoms with E-state index in [-0.39, 0.29) is 11.7 Å². The van der Waals surface area contributed by atoms with E-state index >= 15 is 0 Å². The molecular weight excluding hydrogens is 243 g/mol. The molecule has 0 N–H and O–H groups in total. The van der Waals surface area contributed by atoms with Crippen molar-refractivity contribution < 1.29 is 9.18 Å². The Kier molecular flexibility index (Phi) is 4.10. The van der Waals surface area contributed by atoms with Crippen LogP contribution < -0.4 is 0 Å². The lowest BCUT2D eigenvalue weighted by atomic mass is 10.1. The van der Waals surface area contributed by atoms with E-state index in [0.29, 0.717) is 11.1 Å². The summed E-state index contributed by atoms with van der Waals surface area (Å²) in [7, 11) is 1.78. The molecule has 1 heterocycles. The van der Waals surface area contributed by atoms with Crippen molar-refractivity contribution in [3.63, 3.8) is 0 Å². The molecule has 0 bridgehead atoms. The normalized spacial score (nSPS) is 10.7. The van der Waals surface area contributed by atoms with Crippen molar-refractivity contribution in [2.45, 2.75) is 19.8 Å². The van der Waals surface area contributed by atoms with Gasteiger partial charge in [0, 0.05) is 31.2 Å². The molecule has 1 amide bonds. The molecule has 2 aromatic rings. The van der Waals surface area contributed by atoms with Gasteiger partial charge in [0.2, 0.25) is 0 Å². The van der Waals surface area contributed by atoms with Crippen molar-refractivity contribution in [2.75, 3.05) is 13.6 Å². The first-order valence-electron chi connectivity index (χ1n) is 6.42. The Hall–Kier alpha value is -1.97. The van der Waals surface area contributed by atoms with Crippen molar-refractivity contribution in [3.05, 3.63) is 41.8 Å². The van der Waals surface area contributed by atoms with Crippen molar-refractivity contribution >= 4 is 16.8 Å². The molecule has 4 heteroatoms. The zero-order valence-corrected chi connectivity index (χ0v) is 11.2. The summed E-state index contributed by atoms with van der Waals surface area (Å²) in [5.41, 5.74) is 1.10. The zero-order chi connectivity index (χ0) is 13.8. The molecule has 0 atom stereocenters. The SMILES string of the molecule is CCCCN(C)C(=O)c1cnc2cc(F)ccc2c1. The van der Waals surface area contributed by atoms with Crippen LogP contribution in [0.15, 0.2) is 30.5 Å². The van der Waals surface area contributed by atoms with Gasteiger partial charge in [0.1, 0.15) is 5.82 Å². The predicted molar refractivity (Wildman–Crippen MR) is 73.6 cm³/mol. The summed E-state index contributed by atoms with van der Waals surface area (Å²) >= 11 is 0. The fraction of sp³-hybridized carbons (Fsp3) is 0.333. The van der Waals surface area contributed by atoms with E-state index < -0.39 is 0 Å². The highest BCUT2D eigenvalue weighted by Crippen LogP contribution is 2.15. The first kappa shape index (κ1) is 13.5. The van der Waals surface area contributed by atoms with E-state index in [2.05, 4.69) is 11.9 Å². The molecule has 1 aromatic carbocycles. The number of nitrogens with zero attached hydrogens (tertiary/aromatic N) is 2. The Morgan fingerprint density at radius 3 is 2.89 bits per heavy atom. The highest BCUT2D eigenvalue weighted by Gasteiger charge is 2.12. The second kappa shape index (κ2) is 5.78. The maximum absolute atomic E-state index is 13.0. The minimum Gasteiger partial charge on any atom is -0.342 e. The van der Waals surface area contributed by atoms with Crippen LogP contribution in [0.1, 0.15) is 30.1 Å². The van der Waals surface area contributed by atoms with Crippen LogP contribution in [0.3, 0.4) is 0 Å². The molecule has 0 saturated heterocycles. The number of halogens is 1. The summed E-state index contributed by atoms with van der Waals surface area (Å²) in [4.78, 5) is 18.0. The van der Waals surface area contributed by atoms with Crippen molar-refractivity contribution in [2.24, 2.45) is 0 Å². The number of aromatic nitrogens is 1. The summed E-state index contributed by atoms with van der Waals surface area (Å²) in [5.74, 6) is -0.369. The van der Waals surface area contributed by atoms with E-state index in [1.54, 1.807) is 24.1 Å². The van der Waals surface area contributed by atoms with Gasteiger partial charge in [-0.3, -0.25) is 9.78 Å². The van der Waals surface area contributed by atoms with Crippen molar-refractivity contribution in [3.8, 4) is 0 Å². The Balaban J connectivity index is 2.25. The van der Waals surface area contributed by atoms with Gasteiger partial charge in [-0.05, 0) is 24.6 Å². The number of hydrogen-bond donors (Lipinski definition) is 0. The molecule has 0 aliphatic heterocycles.